The van der Waals surface area contributed by atoms with Gasteiger partial charge in [-0.2, -0.15) is 0 Å². The Balaban J connectivity index is 3.96. The molecule has 1 aromatic rings. The smallest absolute Gasteiger partial charge is 0.299 e. The molecule has 0 spiro atoms. The van der Waals surface area contributed by atoms with Crippen molar-refractivity contribution in [3.8, 4) is 5.75 Å². The highest BCUT2D eigenvalue weighted by molar-refractivity contribution is 5.70. The molecule has 0 aliphatic rings. The minimum Gasteiger partial charge on any atom is -0.506 e. The molecule has 1 atom stereocenters. The second-order valence-electron chi connectivity index (χ2n) is 5.40. The van der Waals surface area contributed by atoms with Gasteiger partial charge >= 0.3 is 0 Å². The normalized spacial score (nSPS) is 12.0. The van der Waals surface area contributed by atoms with E-state index < -0.39 is 33.1 Å². The van der Waals surface area contributed by atoms with Crippen molar-refractivity contribution in [2.45, 2.75) is 46.0 Å². The quantitative estimate of drug-likeness (QED) is 0.339. The molecule has 126 valence electrons. The lowest BCUT2D eigenvalue weighted by Gasteiger charge is -2.23. The summed E-state index contributed by atoms with van der Waals surface area (Å²) in [5, 5.41) is 33.3. The molecule has 9 heteroatoms. The van der Waals surface area contributed by atoms with Crippen LogP contribution in [0.3, 0.4) is 0 Å². The van der Waals surface area contributed by atoms with E-state index in [1.165, 1.54) is 0 Å². The molecule has 0 N–H and O–H groups in total. The Labute approximate surface area is 132 Å². The summed E-state index contributed by atoms with van der Waals surface area (Å²) in [6.07, 6.45) is -1.47. The number of hydrogen-bond acceptors (Lipinski definition) is 7. The summed E-state index contributed by atoms with van der Waals surface area (Å²) in [4.78, 5) is 31.7. The van der Waals surface area contributed by atoms with E-state index >= 15 is 0 Å². The fourth-order valence-corrected chi connectivity index (χ4v) is 2.45. The molecule has 1 rings (SSSR count). The highest BCUT2D eigenvalue weighted by Crippen LogP contribution is 2.46. The van der Waals surface area contributed by atoms with Crippen LogP contribution in [0, 0.1) is 20.2 Å². The lowest BCUT2D eigenvalue weighted by atomic mass is 9.86. The fourth-order valence-electron chi connectivity index (χ4n) is 2.45. The maximum Gasteiger partial charge on any atom is 0.299 e. The first-order valence-electron chi connectivity index (χ1n) is 7.00. The van der Waals surface area contributed by atoms with E-state index in [2.05, 4.69) is 4.74 Å². The van der Waals surface area contributed by atoms with Crippen molar-refractivity contribution >= 4 is 17.5 Å². The first kappa shape index (κ1) is 18.3. The Bertz CT molecular complexity index is 655. The van der Waals surface area contributed by atoms with Crippen LogP contribution in [0.25, 0.3) is 0 Å². The van der Waals surface area contributed by atoms with E-state index in [-0.39, 0.29) is 23.0 Å². The molecule has 0 radical (unpaired) electrons. The highest BCUT2D eigenvalue weighted by Gasteiger charge is 2.32. The van der Waals surface area contributed by atoms with Crippen LogP contribution in [0.5, 0.6) is 5.75 Å². The van der Waals surface area contributed by atoms with Crippen LogP contribution in [-0.4, -0.2) is 16.0 Å². The molecule has 0 fully saturated rings. The number of nitrogens with zero attached hydrogens (tertiary/aromatic N) is 2. The predicted molar refractivity (Wildman–Crippen MR) is 78.6 cm³/mol. The van der Waals surface area contributed by atoms with Crippen LogP contribution >= 0.6 is 0 Å². The molecule has 0 aliphatic heterocycles. The summed E-state index contributed by atoms with van der Waals surface area (Å²) in [6, 6.07) is 0.736. The summed E-state index contributed by atoms with van der Waals surface area (Å²) in [6.45, 7) is 6.84. The van der Waals surface area contributed by atoms with Crippen LogP contribution < -0.4 is 9.84 Å². The first-order chi connectivity index (χ1) is 10.6. The predicted octanol–water partition coefficient (Wildman–Crippen LogP) is 2.86. The molecule has 0 saturated heterocycles. The number of benzene rings is 1. The third kappa shape index (κ3) is 3.74. The fraction of sp³-hybridized carbons (Fsp3) is 0.500. The zero-order valence-electron chi connectivity index (χ0n) is 13.2. The number of nitro groups is 2. The van der Waals surface area contributed by atoms with Gasteiger partial charge in [-0.05, 0) is 23.8 Å². The van der Waals surface area contributed by atoms with Gasteiger partial charge in [0.15, 0.2) is 0 Å². The topological polar surface area (TPSA) is 136 Å². The zero-order chi connectivity index (χ0) is 17.9. The molecule has 23 heavy (non-hydrogen) atoms. The number of ether oxygens (including phenoxy) is 1. The van der Waals surface area contributed by atoms with Gasteiger partial charge in [0, 0.05) is 5.56 Å². The molecule has 0 heterocycles. The van der Waals surface area contributed by atoms with E-state index in [4.69, 9.17) is 0 Å². The minimum absolute atomic E-state index is 0.160. The molecule has 0 amide bonds. The molecule has 1 aromatic carbocycles. The van der Waals surface area contributed by atoms with Gasteiger partial charge in [-0.15, -0.1) is 0 Å². The zero-order valence-corrected chi connectivity index (χ0v) is 13.2. The molecule has 1 unspecified atom stereocenters. The van der Waals surface area contributed by atoms with E-state index in [0.29, 0.717) is 6.42 Å². The van der Waals surface area contributed by atoms with Crippen LogP contribution in [-0.2, 0) is 0 Å². The Kier molecular flexibility index (Phi) is 5.61. The van der Waals surface area contributed by atoms with Crippen molar-refractivity contribution in [1.29, 1.82) is 0 Å². The number of carbonyl (C=O) groups is 1. The Morgan fingerprint density at radius 1 is 1.13 bits per heavy atom. The van der Waals surface area contributed by atoms with Gasteiger partial charge < -0.3 is 14.6 Å². The third-order valence-corrected chi connectivity index (χ3v) is 3.58. The molecule has 0 bridgehead atoms. The Hall–Kier alpha value is -2.71. The number of rotatable bonds is 6. The largest absolute Gasteiger partial charge is 0.506 e. The van der Waals surface area contributed by atoms with Crippen LogP contribution in [0.4, 0.5) is 16.2 Å². The lowest BCUT2D eigenvalue weighted by Crippen LogP contribution is -2.28. The summed E-state index contributed by atoms with van der Waals surface area (Å²) in [7, 11) is 0. The van der Waals surface area contributed by atoms with Gasteiger partial charge in [-0.25, -0.2) is 0 Å². The Morgan fingerprint density at radius 2 is 1.65 bits per heavy atom. The number of carbonyl (C=O) groups excluding carboxylic acids is 1. The maximum atomic E-state index is 11.3. The SMILES string of the molecule is CCC(C)c1c(OC(=O)[O-])c([N+](=O)[O-])cc([N+](=O)[O-])c1C(C)C. The average molecular weight is 325 g/mol. The van der Waals surface area contributed by atoms with E-state index in [1.807, 2.05) is 0 Å². The molecule has 9 nitrogen and oxygen atoms in total. The van der Waals surface area contributed by atoms with Crippen molar-refractivity contribution in [3.05, 3.63) is 37.4 Å². The van der Waals surface area contributed by atoms with Crippen LogP contribution in [0.2, 0.25) is 0 Å². The molecule has 0 aromatic heterocycles. The number of nitro benzene ring substituents is 2. The van der Waals surface area contributed by atoms with Crippen molar-refractivity contribution < 1.29 is 24.5 Å². The number of carboxylic acid groups (broad SMARTS) is 1. The lowest BCUT2D eigenvalue weighted by molar-refractivity contribution is -0.395. The van der Waals surface area contributed by atoms with Gasteiger partial charge in [-0.3, -0.25) is 20.2 Å². The molecule has 0 saturated carbocycles. The van der Waals surface area contributed by atoms with E-state index in [9.17, 15) is 30.1 Å². The van der Waals surface area contributed by atoms with Crippen LogP contribution in [0.1, 0.15) is 57.1 Å². The third-order valence-electron chi connectivity index (χ3n) is 3.58. The van der Waals surface area contributed by atoms with Crippen LogP contribution in [0.15, 0.2) is 6.07 Å². The van der Waals surface area contributed by atoms with Gasteiger partial charge in [0.2, 0.25) is 0 Å². The molecular formula is C14H17N2O7-. The van der Waals surface area contributed by atoms with Crippen molar-refractivity contribution in [1.82, 2.24) is 0 Å². The van der Waals surface area contributed by atoms with Gasteiger partial charge in [0.1, 0.15) is 5.75 Å². The second-order valence-corrected chi connectivity index (χ2v) is 5.40. The second kappa shape index (κ2) is 7.03. The van der Waals surface area contributed by atoms with Crippen molar-refractivity contribution in [2.24, 2.45) is 0 Å². The average Bonchev–Trinajstić information content (AvgIpc) is 2.44. The van der Waals surface area contributed by atoms with E-state index in [1.54, 1.807) is 27.7 Å². The number of hydrogen-bond donors (Lipinski definition) is 0. The summed E-state index contributed by atoms with van der Waals surface area (Å²) < 4.78 is 4.53. The first-order valence-corrected chi connectivity index (χ1v) is 7.00. The van der Waals surface area contributed by atoms with Gasteiger partial charge in [0.25, 0.3) is 17.5 Å². The van der Waals surface area contributed by atoms with Gasteiger partial charge in [-0.1, -0.05) is 27.7 Å². The molecular weight excluding hydrogens is 308 g/mol. The molecule has 0 aliphatic carbocycles. The maximum absolute atomic E-state index is 11.3. The highest BCUT2D eigenvalue weighted by atomic mass is 16.7. The minimum atomic E-state index is -1.96. The van der Waals surface area contributed by atoms with Crippen molar-refractivity contribution in [3.63, 3.8) is 0 Å². The standard InChI is InChI=1S/C14H18N2O7/c1-5-8(4)12-11(7(2)3)9(15(19)20)6-10(16(21)22)13(12)23-14(17)18/h6-8H,5H2,1-4H3,(H,17,18)/p-1. The summed E-state index contributed by atoms with van der Waals surface area (Å²) >= 11 is 0. The monoisotopic (exact) mass is 325 g/mol. The van der Waals surface area contributed by atoms with Gasteiger partial charge in [0.05, 0.1) is 15.9 Å². The Morgan fingerprint density at radius 3 is 2.00 bits per heavy atom. The summed E-state index contributed by atoms with van der Waals surface area (Å²) in [5.41, 5.74) is -0.799. The summed E-state index contributed by atoms with van der Waals surface area (Å²) in [5.74, 6) is -1.23. The van der Waals surface area contributed by atoms with E-state index in [0.717, 1.165) is 6.07 Å². The van der Waals surface area contributed by atoms with Crippen molar-refractivity contribution in [2.75, 3.05) is 0 Å².